The first kappa shape index (κ1) is 11.9. The Kier molecular flexibility index (Phi) is 2.83. The van der Waals surface area contributed by atoms with E-state index in [1.54, 1.807) is 4.90 Å². The summed E-state index contributed by atoms with van der Waals surface area (Å²) in [4.78, 5) is 25.1. The van der Waals surface area contributed by atoms with Crippen molar-refractivity contribution in [2.24, 2.45) is 0 Å². The summed E-state index contributed by atoms with van der Waals surface area (Å²) in [6.45, 7) is 1.02. The fourth-order valence-electron chi connectivity index (χ4n) is 2.41. The summed E-state index contributed by atoms with van der Waals surface area (Å²) in [7, 11) is 0. The Morgan fingerprint density at radius 3 is 2.53 bits per heavy atom. The lowest BCUT2D eigenvalue weighted by Gasteiger charge is -2.22. The molecule has 3 rings (SSSR count). The Labute approximate surface area is 109 Å². The molecule has 1 fully saturated rings. The quantitative estimate of drug-likeness (QED) is 0.789. The first-order valence-electron chi connectivity index (χ1n) is 6.25. The van der Waals surface area contributed by atoms with Crippen LogP contribution in [0.5, 0.6) is 0 Å². The van der Waals surface area contributed by atoms with Crippen LogP contribution < -0.4 is 21.1 Å². The molecule has 2 aromatic rings. The van der Waals surface area contributed by atoms with E-state index in [9.17, 15) is 14.7 Å². The van der Waals surface area contributed by atoms with Crippen LogP contribution in [-0.4, -0.2) is 24.3 Å². The largest absolute Gasteiger partial charge is 0.391 e. The second kappa shape index (κ2) is 4.51. The minimum Gasteiger partial charge on any atom is -0.391 e. The number of nitrogens with zero attached hydrogens (tertiary/aromatic N) is 1. The maximum Gasteiger partial charge on any atom is 0.253 e. The molecular weight excluding hydrogens is 244 g/mol. The minimum atomic E-state index is -0.486. The van der Waals surface area contributed by atoms with Crippen molar-refractivity contribution < 1.29 is 5.11 Å². The lowest BCUT2D eigenvalue weighted by Crippen LogP contribution is -2.41. The van der Waals surface area contributed by atoms with Crippen LogP contribution in [0.25, 0.3) is 0 Å². The van der Waals surface area contributed by atoms with Crippen LogP contribution >= 0.6 is 0 Å². The van der Waals surface area contributed by atoms with Gasteiger partial charge in [-0.15, -0.1) is 0 Å². The molecule has 0 aromatic heterocycles. The predicted molar refractivity (Wildman–Crippen MR) is 73.9 cm³/mol. The lowest BCUT2D eigenvalue weighted by molar-refractivity contribution is 0.198. The zero-order chi connectivity index (χ0) is 13.4. The molecule has 1 atom stereocenters. The van der Waals surface area contributed by atoms with Gasteiger partial charge >= 0.3 is 0 Å². The van der Waals surface area contributed by atoms with Gasteiger partial charge in [-0.25, -0.2) is 0 Å². The van der Waals surface area contributed by atoms with Gasteiger partial charge in [-0.2, -0.15) is 0 Å². The molecule has 2 aromatic carbocycles. The first-order chi connectivity index (χ1) is 9.16. The zero-order valence-electron chi connectivity index (χ0n) is 10.3. The second-order valence-corrected chi connectivity index (χ2v) is 4.76. The number of hydrogen-bond donors (Lipinski definition) is 2. The number of aliphatic hydroxyl groups excluding tert-OH is 1. The maximum atomic E-state index is 11.7. The zero-order valence-corrected chi connectivity index (χ0v) is 10.3. The molecule has 0 saturated carbocycles. The standard InChI is InChI=1S/C14H14N2O3/c17-10-6-7-16(8-10)12-11(13(18)14(12)19)15-9-4-2-1-3-5-9/h1-5,10,15,17H,6-8H2. The molecule has 0 bridgehead atoms. The van der Waals surface area contributed by atoms with Crippen molar-refractivity contribution in [2.75, 3.05) is 23.3 Å². The number of para-hydroxylation sites is 1. The van der Waals surface area contributed by atoms with E-state index >= 15 is 0 Å². The summed E-state index contributed by atoms with van der Waals surface area (Å²) in [6, 6.07) is 9.25. The first-order valence-corrected chi connectivity index (χ1v) is 6.25. The number of anilines is 3. The number of rotatable bonds is 3. The van der Waals surface area contributed by atoms with Crippen molar-refractivity contribution in [3.05, 3.63) is 50.8 Å². The van der Waals surface area contributed by atoms with Gasteiger partial charge in [0, 0.05) is 18.8 Å². The molecule has 0 aliphatic carbocycles. The molecule has 5 heteroatoms. The number of benzene rings is 1. The third-order valence-electron chi connectivity index (χ3n) is 3.41. The van der Waals surface area contributed by atoms with E-state index in [4.69, 9.17) is 0 Å². The molecule has 98 valence electrons. The van der Waals surface area contributed by atoms with E-state index < -0.39 is 17.0 Å². The lowest BCUT2D eigenvalue weighted by atomic mass is 10.1. The monoisotopic (exact) mass is 258 g/mol. The summed E-state index contributed by atoms with van der Waals surface area (Å²) >= 11 is 0. The van der Waals surface area contributed by atoms with Crippen LogP contribution in [0.3, 0.4) is 0 Å². The SMILES string of the molecule is O=c1c(Nc2ccccc2)c(N2CCC(O)C2)c1=O. The van der Waals surface area contributed by atoms with Gasteiger partial charge in [-0.05, 0) is 18.6 Å². The van der Waals surface area contributed by atoms with E-state index in [2.05, 4.69) is 5.32 Å². The molecule has 19 heavy (non-hydrogen) atoms. The molecule has 0 radical (unpaired) electrons. The Hall–Kier alpha value is -2.14. The molecule has 5 nitrogen and oxygen atoms in total. The molecule has 1 unspecified atom stereocenters. The van der Waals surface area contributed by atoms with Crippen LogP contribution in [0.4, 0.5) is 17.1 Å². The third-order valence-corrected chi connectivity index (χ3v) is 3.41. The van der Waals surface area contributed by atoms with Crippen LogP contribution in [-0.2, 0) is 0 Å². The Morgan fingerprint density at radius 2 is 1.89 bits per heavy atom. The van der Waals surface area contributed by atoms with E-state index in [0.717, 1.165) is 5.69 Å². The van der Waals surface area contributed by atoms with E-state index in [1.807, 2.05) is 30.3 Å². The Bertz CT molecular complexity index is 659. The molecular formula is C14H14N2O3. The van der Waals surface area contributed by atoms with Crippen molar-refractivity contribution in [1.82, 2.24) is 0 Å². The van der Waals surface area contributed by atoms with Gasteiger partial charge < -0.3 is 15.3 Å². The van der Waals surface area contributed by atoms with Crippen molar-refractivity contribution >= 4 is 17.1 Å². The number of β-amino-alcohol motifs (C(OH)–C–C–N with tert-alkyl or cyclic N) is 1. The second-order valence-electron chi connectivity index (χ2n) is 4.76. The van der Waals surface area contributed by atoms with Crippen LogP contribution in [0.15, 0.2) is 39.9 Å². The Morgan fingerprint density at radius 1 is 1.16 bits per heavy atom. The maximum absolute atomic E-state index is 11.7. The molecule has 0 spiro atoms. The highest BCUT2D eigenvalue weighted by atomic mass is 16.3. The highest BCUT2D eigenvalue weighted by Crippen LogP contribution is 2.26. The van der Waals surface area contributed by atoms with Gasteiger partial charge in [0.1, 0.15) is 11.4 Å². The van der Waals surface area contributed by atoms with Gasteiger partial charge in [0.2, 0.25) is 0 Å². The van der Waals surface area contributed by atoms with Gasteiger partial charge in [-0.3, -0.25) is 9.59 Å². The van der Waals surface area contributed by atoms with Crippen molar-refractivity contribution in [3.63, 3.8) is 0 Å². The third kappa shape index (κ3) is 2.02. The summed E-state index contributed by atoms with van der Waals surface area (Å²) in [6.07, 6.45) is 0.206. The summed E-state index contributed by atoms with van der Waals surface area (Å²) in [5, 5.41) is 12.5. The van der Waals surface area contributed by atoms with Crippen molar-refractivity contribution in [2.45, 2.75) is 12.5 Å². The van der Waals surface area contributed by atoms with Gasteiger partial charge in [0.25, 0.3) is 10.9 Å². The van der Waals surface area contributed by atoms with Gasteiger partial charge in [0.15, 0.2) is 0 Å². The van der Waals surface area contributed by atoms with Crippen LogP contribution in [0.2, 0.25) is 0 Å². The van der Waals surface area contributed by atoms with Gasteiger partial charge in [0.05, 0.1) is 6.10 Å². The fourth-order valence-corrected chi connectivity index (χ4v) is 2.41. The number of hydrogen-bond acceptors (Lipinski definition) is 5. The normalized spacial score (nSPS) is 19.0. The number of aliphatic hydroxyl groups is 1. The van der Waals surface area contributed by atoms with Crippen molar-refractivity contribution in [3.8, 4) is 0 Å². The molecule has 2 N–H and O–H groups in total. The summed E-state index contributed by atoms with van der Waals surface area (Å²) < 4.78 is 0. The van der Waals surface area contributed by atoms with E-state index in [-0.39, 0.29) is 0 Å². The smallest absolute Gasteiger partial charge is 0.253 e. The molecule has 0 amide bonds. The molecule has 1 heterocycles. The van der Waals surface area contributed by atoms with E-state index in [0.29, 0.717) is 30.9 Å². The van der Waals surface area contributed by atoms with Crippen molar-refractivity contribution in [1.29, 1.82) is 0 Å². The summed E-state index contributed by atoms with van der Waals surface area (Å²) in [5.41, 5.74) is 0.569. The molecule has 1 aliphatic rings. The highest BCUT2D eigenvalue weighted by molar-refractivity contribution is 5.79. The van der Waals surface area contributed by atoms with Crippen LogP contribution in [0, 0.1) is 0 Å². The predicted octanol–water partition coefficient (Wildman–Crippen LogP) is 0.597. The molecule has 1 saturated heterocycles. The Balaban J connectivity index is 1.89. The van der Waals surface area contributed by atoms with Crippen LogP contribution in [0.1, 0.15) is 6.42 Å². The summed E-state index contributed by atoms with van der Waals surface area (Å²) in [5.74, 6) is 0. The highest BCUT2D eigenvalue weighted by Gasteiger charge is 2.30. The van der Waals surface area contributed by atoms with Gasteiger partial charge in [-0.1, -0.05) is 18.2 Å². The average molecular weight is 258 g/mol. The fraction of sp³-hybridized carbons (Fsp3) is 0.286. The topological polar surface area (TPSA) is 69.6 Å². The minimum absolute atomic E-state index is 0.338. The molecule has 1 aliphatic heterocycles. The number of nitrogens with one attached hydrogen (secondary N) is 1. The van der Waals surface area contributed by atoms with E-state index in [1.165, 1.54) is 0 Å². The average Bonchev–Trinajstić information content (AvgIpc) is 2.85.